The van der Waals surface area contributed by atoms with E-state index in [2.05, 4.69) is 155 Å². The molecular formula is C59H35N5O. The standard InChI is InChI=1S/C59H35N5O/c60-36-48-56(38-19-7-2-8-20-38)61-59(62-57(48)39-21-9-3-10-22-39)44-30-32-51(55-43-26-14-16-28-54(43)65-58(44)55)64-50-31-29-40(37-17-5-1-6-18-37)33-45(50)47-35-52-46(34-53(47)64)42-25-13-15-27-49(42)63(52)41-23-11-4-12-24-41/h1-35H. The summed E-state index contributed by atoms with van der Waals surface area (Å²) >= 11 is 0. The van der Waals surface area contributed by atoms with Crippen molar-refractivity contribution < 1.29 is 4.42 Å². The van der Waals surface area contributed by atoms with Crippen molar-refractivity contribution in [3.63, 3.8) is 0 Å². The third-order valence-corrected chi connectivity index (χ3v) is 12.8. The average Bonchev–Trinajstić information content (AvgIpc) is 4.03. The van der Waals surface area contributed by atoms with Gasteiger partial charge in [0, 0.05) is 43.7 Å². The number of hydrogen-bond acceptors (Lipinski definition) is 4. The molecule has 0 saturated carbocycles. The third kappa shape index (κ3) is 5.66. The molecule has 0 aliphatic rings. The summed E-state index contributed by atoms with van der Waals surface area (Å²) in [6.07, 6.45) is 0. The largest absolute Gasteiger partial charge is 0.455 e. The predicted octanol–water partition coefficient (Wildman–Crippen LogP) is 15.1. The molecule has 4 heterocycles. The molecule has 0 atom stereocenters. The molecule has 0 fully saturated rings. The summed E-state index contributed by atoms with van der Waals surface area (Å²) in [5.41, 5.74) is 14.3. The Balaban J connectivity index is 1.14. The number of rotatable bonds is 6. The zero-order chi connectivity index (χ0) is 43.0. The number of nitriles is 1. The van der Waals surface area contributed by atoms with Crippen molar-refractivity contribution in [2.24, 2.45) is 0 Å². The zero-order valence-electron chi connectivity index (χ0n) is 34.9. The molecule has 0 aliphatic carbocycles. The molecule has 0 bridgehead atoms. The van der Waals surface area contributed by atoms with Gasteiger partial charge in [0.1, 0.15) is 22.8 Å². The van der Waals surface area contributed by atoms with E-state index < -0.39 is 0 Å². The minimum atomic E-state index is 0.420. The molecule has 65 heavy (non-hydrogen) atoms. The van der Waals surface area contributed by atoms with Gasteiger partial charge in [-0.05, 0) is 71.8 Å². The van der Waals surface area contributed by atoms with Crippen LogP contribution in [0.4, 0.5) is 0 Å². The fourth-order valence-corrected chi connectivity index (χ4v) is 9.88. The van der Waals surface area contributed by atoms with Gasteiger partial charge in [0.2, 0.25) is 0 Å². The molecule has 13 rings (SSSR count). The highest BCUT2D eigenvalue weighted by Gasteiger charge is 2.26. The molecule has 0 amide bonds. The maximum atomic E-state index is 10.7. The van der Waals surface area contributed by atoms with Crippen LogP contribution in [0.15, 0.2) is 217 Å². The van der Waals surface area contributed by atoms with Crippen LogP contribution in [0.3, 0.4) is 0 Å². The Morgan fingerprint density at radius 3 is 1.63 bits per heavy atom. The second-order valence-corrected chi connectivity index (χ2v) is 16.4. The van der Waals surface area contributed by atoms with E-state index in [4.69, 9.17) is 14.4 Å². The maximum Gasteiger partial charge on any atom is 0.164 e. The Labute approximate surface area is 373 Å². The fourth-order valence-electron chi connectivity index (χ4n) is 9.88. The van der Waals surface area contributed by atoms with Crippen molar-refractivity contribution in [1.82, 2.24) is 19.1 Å². The summed E-state index contributed by atoms with van der Waals surface area (Å²) in [5.74, 6) is 0.475. The van der Waals surface area contributed by atoms with E-state index in [-0.39, 0.29) is 0 Å². The monoisotopic (exact) mass is 829 g/mol. The van der Waals surface area contributed by atoms with Gasteiger partial charge in [-0.3, -0.25) is 0 Å². The highest BCUT2D eigenvalue weighted by atomic mass is 16.3. The van der Waals surface area contributed by atoms with Gasteiger partial charge in [0.25, 0.3) is 0 Å². The van der Waals surface area contributed by atoms with Crippen molar-refractivity contribution in [3.8, 4) is 62.5 Å². The number of benzene rings is 9. The molecule has 302 valence electrons. The first kappa shape index (κ1) is 36.6. The van der Waals surface area contributed by atoms with Gasteiger partial charge in [0.15, 0.2) is 5.82 Å². The second kappa shape index (κ2) is 14.5. The molecule has 6 nitrogen and oxygen atoms in total. The van der Waals surface area contributed by atoms with Crippen molar-refractivity contribution in [2.45, 2.75) is 0 Å². The smallest absolute Gasteiger partial charge is 0.164 e. The van der Waals surface area contributed by atoms with E-state index in [9.17, 15) is 5.26 Å². The topological polar surface area (TPSA) is 72.6 Å². The predicted molar refractivity (Wildman–Crippen MR) is 264 cm³/mol. The molecule has 0 saturated heterocycles. The van der Waals surface area contributed by atoms with E-state index in [0.29, 0.717) is 28.4 Å². The third-order valence-electron chi connectivity index (χ3n) is 12.8. The van der Waals surface area contributed by atoms with Crippen molar-refractivity contribution in [1.29, 1.82) is 5.26 Å². The summed E-state index contributed by atoms with van der Waals surface area (Å²) in [6.45, 7) is 0. The highest BCUT2D eigenvalue weighted by molar-refractivity contribution is 6.21. The maximum absolute atomic E-state index is 10.7. The highest BCUT2D eigenvalue weighted by Crippen LogP contribution is 2.45. The van der Waals surface area contributed by atoms with Crippen LogP contribution in [0.25, 0.3) is 122 Å². The number of nitrogens with zero attached hydrogens (tertiary/aromatic N) is 5. The van der Waals surface area contributed by atoms with Gasteiger partial charge in [-0.25, -0.2) is 9.97 Å². The quantitative estimate of drug-likeness (QED) is 0.167. The SMILES string of the molecule is N#Cc1c(-c2ccccc2)nc(-c2ccc(-n3c4ccc(-c5ccccc5)cc4c4cc5c(cc43)c3ccccc3n5-c3ccccc3)c3c2oc2ccccc23)nc1-c1ccccc1. The van der Waals surface area contributed by atoms with Crippen LogP contribution in [-0.4, -0.2) is 19.1 Å². The first-order valence-electron chi connectivity index (χ1n) is 21.7. The first-order valence-corrected chi connectivity index (χ1v) is 21.7. The van der Waals surface area contributed by atoms with Crippen LogP contribution in [0.1, 0.15) is 5.56 Å². The van der Waals surface area contributed by atoms with Crippen LogP contribution in [-0.2, 0) is 0 Å². The molecule has 0 aliphatic heterocycles. The van der Waals surface area contributed by atoms with Gasteiger partial charge in [-0.2, -0.15) is 5.26 Å². The Hall–Kier alpha value is -9.05. The summed E-state index contributed by atoms with van der Waals surface area (Å²) < 4.78 is 11.7. The van der Waals surface area contributed by atoms with E-state index in [1.54, 1.807) is 0 Å². The molecule has 0 spiro atoms. The van der Waals surface area contributed by atoms with Gasteiger partial charge >= 0.3 is 0 Å². The van der Waals surface area contributed by atoms with Crippen LogP contribution in [0.5, 0.6) is 0 Å². The second-order valence-electron chi connectivity index (χ2n) is 16.4. The molecule has 0 radical (unpaired) electrons. The van der Waals surface area contributed by atoms with E-state index in [0.717, 1.165) is 88.4 Å². The van der Waals surface area contributed by atoms with Crippen molar-refractivity contribution in [3.05, 3.63) is 218 Å². The lowest BCUT2D eigenvalue weighted by molar-refractivity contribution is 0.669. The van der Waals surface area contributed by atoms with E-state index >= 15 is 0 Å². The van der Waals surface area contributed by atoms with Gasteiger partial charge in [0.05, 0.1) is 50.1 Å². The molecule has 6 heteroatoms. The molecule has 13 aromatic rings. The lowest BCUT2D eigenvalue weighted by Gasteiger charge is -2.14. The van der Waals surface area contributed by atoms with Crippen LogP contribution in [0.2, 0.25) is 0 Å². The van der Waals surface area contributed by atoms with Gasteiger partial charge < -0.3 is 13.6 Å². The van der Waals surface area contributed by atoms with Crippen LogP contribution >= 0.6 is 0 Å². The number of aromatic nitrogens is 4. The van der Waals surface area contributed by atoms with Gasteiger partial charge in [-0.15, -0.1) is 0 Å². The van der Waals surface area contributed by atoms with E-state index in [1.165, 1.54) is 10.8 Å². The normalized spacial score (nSPS) is 11.7. The first-order chi connectivity index (χ1) is 32.2. The minimum absolute atomic E-state index is 0.420. The number of hydrogen-bond donors (Lipinski definition) is 0. The summed E-state index contributed by atoms with van der Waals surface area (Å²) in [5, 5.41) is 17.3. The lowest BCUT2D eigenvalue weighted by atomic mass is 9.99. The summed E-state index contributed by atoms with van der Waals surface area (Å²) in [7, 11) is 0. The van der Waals surface area contributed by atoms with Gasteiger partial charge in [-0.1, -0.05) is 152 Å². The van der Waals surface area contributed by atoms with Crippen LogP contribution in [0, 0.1) is 11.3 Å². The Morgan fingerprint density at radius 2 is 0.954 bits per heavy atom. The molecule has 9 aromatic carbocycles. The molecule has 0 unspecified atom stereocenters. The molecular weight excluding hydrogens is 795 g/mol. The number of furan rings is 1. The van der Waals surface area contributed by atoms with E-state index in [1.807, 2.05) is 72.8 Å². The lowest BCUT2D eigenvalue weighted by Crippen LogP contribution is -2.02. The van der Waals surface area contributed by atoms with Crippen LogP contribution < -0.4 is 0 Å². The van der Waals surface area contributed by atoms with Crippen molar-refractivity contribution >= 4 is 65.6 Å². The number of para-hydroxylation sites is 3. The molecule has 0 N–H and O–H groups in total. The van der Waals surface area contributed by atoms with Crippen molar-refractivity contribution in [2.75, 3.05) is 0 Å². The Kier molecular flexibility index (Phi) is 8.17. The summed E-state index contributed by atoms with van der Waals surface area (Å²) in [4.78, 5) is 10.4. The average molecular weight is 830 g/mol. The fraction of sp³-hybridized carbons (Fsp3) is 0. The zero-order valence-corrected chi connectivity index (χ0v) is 34.9. The minimum Gasteiger partial charge on any atom is -0.455 e. The number of fused-ring (bicyclic) bond motifs is 9. The summed E-state index contributed by atoms with van der Waals surface area (Å²) in [6, 6.07) is 76.2. The Morgan fingerprint density at radius 1 is 0.415 bits per heavy atom. The Bertz CT molecular complexity index is 3990. The molecule has 4 aromatic heterocycles.